The van der Waals surface area contributed by atoms with Crippen molar-refractivity contribution in [1.29, 1.82) is 0 Å². The molecule has 0 aromatic heterocycles. The highest BCUT2D eigenvalue weighted by molar-refractivity contribution is 5.97. The van der Waals surface area contributed by atoms with Crippen LogP contribution >= 0.6 is 0 Å². The van der Waals surface area contributed by atoms with E-state index in [1.807, 2.05) is 6.92 Å². The summed E-state index contributed by atoms with van der Waals surface area (Å²) in [5, 5.41) is 11.6. The quantitative estimate of drug-likeness (QED) is 0.785. The Morgan fingerprint density at radius 2 is 2.29 bits per heavy atom. The fourth-order valence-electron chi connectivity index (χ4n) is 1.96. The van der Waals surface area contributed by atoms with Crippen molar-refractivity contribution in [2.24, 2.45) is 0 Å². The van der Waals surface area contributed by atoms with Gasteiger partial charge in [0.1, 0.15) is 12.4 Å². The molecule has 0 saturated carbocycles. The summed E-state index contributed by atoms with van der Waals surface area (Å²) in [6, 6.07) is 3.68. The van der Waals surface area contributed by atoms with Gasteiger partial charge in [0.25, 0.3) is 5.91 Å². The van der Waals surface area contributed by atoms with Crippen LogP contribution in [0, 0.1) is 17.7 Å². The summed E-state index contributed by atoms with van der Waals surface area (Å²) in [5.74, 6) is 4.21. The Hall–Kier alpha value is -1.90. The number of amides is 1. The van der Waals surface area contributed by atoms with Gasteiger partial charge in [-0.15, -0.1) is 0 Å². The van der Waals surface area contributed by atoms with E-state index in [0.717, 1.165) is 18.9 Å². The van der Waals surface area contributed by atoms with Gasteiger partial charge in [-0.25, -0.2) is 4.39 Å². The zero-order valence-electron chi connectivity index (χ0n) is 12.3. The summed E-state index contributed by atoms with van der Waals surface area (Å²) in [4.78, 5) is 12.3. The van der Waals surface area contributed by atoms with Gasteiger partial charge in [-0.1, -0.05) is 25.2 Å². The molecule has 114 valence electrons. The van der Waals surface area contributed by atoms with Crippen LogP contribution in [-0.4, -0.2) is 37.4 Å². The highest BCUT2D eigenvalue weighted by atomic mass is 19.1. The number of halogens is 1. The molecule has 1 aromatic rings. The van der Waals surface area contributed by atoms with Crippen LogP contribution in [0.15, 0.2) is 18.2 Å². The van der Waals surface area contributed by atoms with Crippen molar-refractivity contribution in [3.05, 3.63) is 35.1 Å². The van der Waals surface area contributed by atoms with E-state index in [4.69, 9.17) is 9.84 Å². The van der Waals surface area contributed by atoms with Crippen LogP contribution in [0.4, 0.5) is 4.39 Å². The van der Waals surface area contributed by atoms with Gasteiger partial charge in [-0.3, -0.25) is 4.79 Å². The Labute approximate surface area is 124 Å². The van der Waals surface area contributed by atoms with Gasteiger partial charge in [-0.05, 0) is 24.6 Å². The normalized spacial score (nSPS) is 11.4. The first kappa shape index (κ1) is 17.2. The predicted octanol–water partition coefficient (Wildman–Crippen LogP) is 1.71. The first-order valence-electron chi connectivity index (χ1n) is 6.81. The number of carbonyl (C=O) groups is 1. The number of hydrogen-bond donors (Lipinski definition) is 2. The molecule has 0 saturated heterocycles. The van der Waals surface area contributed by atoms with Crippen molar-refractivity contribution in [2.75, 3.05) is 20.3 Å². The molecule has 1 unspecified atom stereocenters. The molecule has 0 aliphatic heterocycles. The minimum absolute atomic E-state index is 0.130. The predicted molar refractivity (Wildman–Crippen MR) is 78.4 cm³/mol. The lowest BCUT2D eigenvalue weighted by Crippen LogP contribution is -2.38. The minimum Gasteiger partial charge on any atom is -0.384 e. The molecule has 1 atom stereocenters. The van der Waals surface area contributed by atoms with E-state index in [9.17, 15) is 9.18 Å². The molecule has 21 heavy (non-hydrogen) atoms. The molecule has 0 heterocycles. The molecule has 2 N–H and O–H groups in total. The van der Waals surface area contributed by atoms with Crippen LogP contribution in [0.25, 0.3) is 0 Å². The second-order valence-electron chi connectivity index (χ2n) is 4.56. The van der Waals surface area contributed by atoms with Crippen molar-refractivity contribution in [1.82, 2.24) is 5.32 Å². The number of aliphatic hydroxyl groups is 1. The second kappa shape index (κ2) is 9.11. The standard InChI is InChI=1S/C16H20FNO3/c1-3-5-14(11-21-2)18-16(20)15-10-13(17)8-7-12(15)6-4-9-19/h7-8,10,14,19H,3,5,9,11H2,1-2H3,(H,18,20). The smallest absolute Gasteiger partial charge is 0.252 e. The largest absolute Gasteiger partial charge is 0.384 e. The Balaban J connectivity index is 2.96. The molecule has 1 rings (SSSR count). The first-order chi connectivity index (χ1) is 10.1. The molecule has 4 nitrogen and oxygen atoms in total. The van der Waals surface area contributed by atoms with Crippen LogP contribution in [0.5, 0.6) is 0 Å². The molecule has 0 fully saturated rings. The van der Waals surface area contributed by atoms with Gasteiger partial charge >= 0.3 is 0 Å². The average Bonchev–Trinajstić information content (AvgIpc) is 2.46. The summed E-state index contributed by atoms with van der Waals surface area (Å²) in [5.41, 5.74) is 0.545. The lowest BCUT2D eigenvalue weighted by Gasteiger charge is -2.17. The van der Waals surface area contributed by atoms with E-state index < -0.39 is 11.7 Å². The maximum atomic E-state index is 13.4. The van der Waals surface area contributed by atoms with Gasteiger partial charge in [-0.2, -0.15) is 0 Å². The topological polar surface area (TPSA) is 58.6 Å². The number of nitrogens with one attached hydrogen (secondary N) is 1. The Morgan fingerprint density at radius 1 is 1.52 bits per heavy atom. The molecule has 1 amide bonds. The Kier molecular flexibility index (Phi) is 7.44. The van der Waals surface area contributed by atoms with E-state index in [-0.39, 0.29) is 18.2 Å². The van der Waals surface area contributed by atoms with Gasteiger partial charge in [0, 0.05) is 12.7 Å². The number of aliphatic hydroxyl groups excluding tert-OH is 1. The maximum Gasteiger partial charge on any atom is 0.252 e. The van der Waals surface area contributed by atoms with Crippen LogP contribution in [0.2, 0.25) is 0 Å². The second-order valence-corrected chi connectivity index (χ2v) is 4.56. The lowest BCUT2D eigenvalue weighted by molar-refractivity contribution is 0.0891. The fourth-order valence-corrected chi connectivity index (χ4v) is 1.96. The molecule has 0 radical (unpaired) electrons. The van der Waals surface area contributed by atoms with E-state index in [1.54, 1.807) is 7.11 Å². The average molecular weight is 293 g/mol. The zero-order valence-corrected chi connectivity index (χ0v) is 12.3. The van der Waals surface area contributed by atoms with Crippen LogP contribution in [0.1, 0.15) is 35.7 Å². The van der Waals surface area contributed by atoms with Gasteiger partial charge in [0.05, 0.1) is 18.2 Å². The SMILES string of the molecule is CCCC(COC)NC(=O)c1cc(F)ccc1C#CCO. The van der Waals surface area contributed by atoms with Crippen molar-refractivity contribution in [3.8, 4) is 11.8 Å². The fraction of sp³-hybridized carbons (Fsp3) is 0.438. The van der Waals surface area contributed by atoms with Crippen molar-refractivity contribution < 1.29 is 19.0 Å². The summed E-state index contributed by atoms with van der Waals surface area (Å²) in [7, 11) is 1.56. The summed E-state index contributed by atoms with van der Waals surface area (Å²) < 4.78 is 18.4. The number of benzene rings is 1. The van der Waals surface area contributed by atoms with E-state index in [1.165, 1.54) is 12.1 Å². The molecule has 1 aromatic carbocycles. The van der Waals surface area contributed by atoms with Crippen molar-refractivity contribution in [3.63, 3.8) is 0 Å². The third kappa shape index (κ3) is 5.54. The third-order valence-electron chi connectivity index (χ3n) is 2.87. The van der Waals surface area contributed by atoms with E-state index in [0.29, 0.717) is 12.2 Å². The van der Waals surface area contributed by atoms with E-state index in [2.05, 4.69) is 17.2 Å². The van der Waals surface area contributed by atoms with Gasteiger partial charge in [0.2, 0.25) is 0 Å². The molecular weight excluding hydrogens is 273 g/mol. The number of hydrogen-bond acceptors (Lipinski definition) is 3. The van der Waals surface area contributed by atoms with E-state index >= 15 is 0 Å². The zero-order chi connectivity index (χ0) is 15.7. The molecule has 0 bridgehead atoms. The first-order valence-corrected chi connectivity index (χ1v) is 6.81. The monoisotopic (exact) mass is 293 g/mol. The van der Waals surface area contributed by atoms with Crippen molar-refractivity contribution >= 4 is 5.91 Å². The maximum absolute atomic E-state index is 13.4. The molecule has 0 spiro atoms. The number of ether oxygens (including phenoxy) is 1. The lowest BCUT2D eigenvalue weighted by atomic mass is 10.1. The van der Waals surface area contributed by atoms with Crippen molar-refractivity contribution in [2.45, 2.75) is 25.8 Å². The minimum atomic E-state index is -0.506. The Morgan fingerprint density at radius 3 is 2.90 bits per heavy atom. The molecule has 0 aliphatic rings. The third-order valence-corrected chi connectivity index (χ3v) is 2.87. The summed E-state index contributed by atoms with van der Waals surface area (Å²) in [6.07, 6.45) is 1.67. The van der Waals surface area contributed by atoms with Crippen LogP contribution in [0.3, 0.4) is 0 Å². The number of methoxy groups -OCH3 is 1. The number of carbonyl (C=O) groups excluding carboxylic acids is 1. The number of rotatable bonds is 6. The molecular formula is C16H20FNO3. The summed E-state index contributed by atoms with van der Waals surface area (Å²) in [6.45, 7) is 2.09. The van der Waals surface area contributed by atoms with Crippen LogP contribution < -0.4 is 5.32 Å². The highest BCUT2D eigenvalue weighted by Crippen LogP contribution is 2.11. The van der Waals surface area contributed by atoms with Gasteiger partial charge in [0.15, 0.2) is 0 Å². The summed E-state index contributed by atoms with van der Waals surface area (Å²) >= 11 is 0. The molecule has 5 heteroatoms. The molecule has 0 aliphatic carbocycles. The van der Waals surface area contributed by atoms with Crippen LogP contribution in [-0.2, 0) is 4.74 Å². The highest BCUT2D eigenvalue weighted by Gasteiger charge is 2.16. The van der Waals surface area contributed by atoms with Gasteiger partial charge < -0.3 is 15.2 Å². The Bertz CT molecular complexity index is 528.